The van der Waals surface area contributed by atoms with E-state index < -0.39 is 0 Å². The smallest absolute Gasteiger partial charge is 0.239 e. The van der Waals surface area contributed by atoms with Crippen LogP contribution in [0.15, 0.2) is 12.1 Å². The second-order valence-corrected chi connectivity index (χ2v) is 4.49. The Bertz CT molecular complexity index is 352. The third-order valence-electron chi connectivity index (χ3n) is 2.10. The minimum absolute atomic E-state index is 0.0711. The van der Waals surface area contributed by atoms with Crippen LogP contribution in [0, 0.1) is 0 Å². The fourth-order valence-corrected chi connectivity index (χ4v) is 1.27. The molecule has 0 aliphatic rings. The predicted octanol–water partition coefficient (Wildman–Crippen LogP) is 1.42. The monoisotopic (exact) mass is 238 g/mol. The van der Waals surface area contributed by atoms with Crippen molar-refractivity contribution in [2.24, 2.45) is 0 Å². The number of nitrogens with two attached hydrogens (primary N) is 1. The van der Waals surface area contributed by atoms with E-state index in [9.17, 15) is 0 Å². The standard InChI is InChI=1S/C12H22N4O/c1-9(2)17-12-10(13)5-6-11(15-12)14-7-8-16(3)4/h5-6,9H,7-8,13H2,1-4H3,(H,14,15). The zero-order valence-electron chi connectivity index (χ0n) is 11.0. The van der Waals surface area contributed by atoms with Gasteiger partial charge in [0.15, 0.2) is 0 Å². The van der Waals surface area contributed by atoms with Crippen molar-refractivity contribution in [1.82, 2.24) is 9.88 Å². The summed E-state index contributed by atoms with van der Waals surface area (Å²) in [6.45, 7) is 5.69. The van der Waals surface area contributed by atoms with E-state index in [0.717, 1.165) is 18.9 Å². The van der Waals surface area contributed by atoms with E-state index in [1.807, 2.05) is 40.1 Å². The Hall–Kier alpha value is -1.49. The lowest BCUT2D eigenvalue weighted by molar-refractivity contribution is 0.234. The number of anilines is 2. The highest BCUT2D eigenvalue weighted by Crippen LogP contribution is 2.21. The second-order valence-electron chi connectivity index (χ2n) is 4.49. The summed E-state index contributed by atoms with van der Waals surface area (Å²) in [6.07, 6.45) is 0.0711. The molecular formula is C12H22N4O. The molecule has 5 nitrogen and oxygen atoms in total. The molecule has 0 saturated heterocycles. The van der Waals surface area contributed by atoms with E-state index in [1.54, 1.807) is 0 Å². The molecule has 0 radical (unpaired) electrons. The molecule has 0 amide bonds. The van der Waals surface area contributed by atoms with Gasteiger partial charge >= 0.3 is 0 Å². The van der Waals surface area contributed by atoms with Crippen LogP contribution in [0.5, 0.6) is 5.88 Å². The van der Waals surface area contributed by atoms with Gasteiger partial charge in [0.1, 0.15) is 5.82 Å². The summed E-state index contributed by atoms with van der Waals surface area (Å²) in [5, 5.41) is 3.23. The molecule has 17 heavy (non-hydrogen) atoms. The molecule has 1 aromatic rings. The van der Waals surface area contributed by atoms with Crippen LogP contribution >= 0.6 is 0 Å². The highest BCUT2D eigenvalue weighted by molar-refractivity contribution is 5.53. The minimum Gasteiger partial charge on any atom is -0.473 e. The first-order valence-corrected chi connectivity index (χ1v) is 5.81. The van der Waals surface area contributed by atoms with Crippen LogP contribution in [-0.2, 0) is 0 Å². The summed E-state index contributed by atoms with van der Waals surface area (Å²) >= 11 is 0. The molecule has 1 rings (SSSR count). The molecule has 0 saturated carbocycles. The van der Waals surface area contributed by atoms with Gasteiger partial charge in [-0.2, -0.15) is 4.98 Å². The van der Waals surface area contributed by atoms with E-state index in [4.69, 9.17) is 10.5 Å². The third kappa shape index (κ3) is 4.91. The summed E-state index contributed by atoms with van der Waals surface area (Å²) in [5.41, 5.74) is 6.36. The van der Waals surface area contributed by atoms with Crippen molar-refractivity contribution in [2.75, 3.05) is 38.2 Å². The number of pyridine rings is 1. The van der Waals surface area contributed by atoms with Crippen molar-refractivity contribution in [3.05, 3.63) is 12.1 Å². The molecule has 1 heterocycles. The summed E-state index contributed by atoms with van der Waals surface area (Å²) in [5.74, 6) is 1.28. The topological polar surface area (TPSA) is 63.4 Å². The lowest BCUT2D eigenvalue weighted by atomic mass is 10.4. The van der Waals surface area contributed by atoms with Gasteiger partial charge in [-0.1, -0.05) is 0 Å². The highest BCUT2D eigenvalue weighted by Gasteiger charge is 2.06. The maximum absolute atomic E-state index is 5.79. The molecular weight excluding hydrogens is 216 g/mol. The van der Waals surface area contributed by atoms with Gasteiger partial charge in [-0.05, 0) is 40.1 Å². The summed E-state index contributed by atoms with van der Waals surface area (Å²) in [6, 6.07) is 3.67. The normalized spacial score (nSPS) is 10.9. The highest BCUT2D eigenvalue weighted by atomic mass is 16.5. The molecule has 3 N–H and O–H groups in total. The molecule has 1 aromatic heterocycles. The van der Waals surface area contributed by atoms with Gasteiger partial charge in [0.25, 0.3) is 0 Å². The van der Waals surface area contributed by atoms with Crippen LogP contribution in [0.4, 0.5) is 11.5 Å². The van der Waals surface area contributed by atoms with Gasteiger partial charge in [-0.15, -0.1) is 0 Å². The van der Waals surface area contributed by atoms with Crippen LogP contribution in [-0.4, -0.2) is 43.2 Å². The fraction of sp³-hybridized carbons (Fsp3) is 0.583. The summed E-state index contributed by atoms with van der Waals surface area (Å²) < 4.78 is 5.53. The number of nitrogens with zero attached hydrogens (tertiary/aromatic N) is 2. The number of likely N-dealkylation sites (N-methyl/N-ethyl adjacent to an activating group) is 1. The Balaban J connectivity index is 2.61. The lowest BCUT2D eigenvalue weighted by Crippen LogP contribution is -2.21. The summed E-state index contributed by atoms with van der Waals surface area (Å²) in [7, 11) is 4.07. The molecule has 0 bridgehead atoms. The molecule has 5 heteroatoms. The van der Waals surface area contributed by atoms with Crippen molar-refractivity contribution in [3.63, 3.8) is 0 Å². The van der Waals surface area contributed by atoms with Gasteiger partial charge in [-0.25, -0.2) is 0 Å². The van der Waals surface area contributed by atoms with Gasteiger partial charge in [0.2, 0.25) is 5.88 Å². The van der Waals surface area contributed by atoms with E-state index in [2.05, 4.69) is 15.2 Å². The van der Waals surface area contributed by atoms with Crippen LogP contribution in [0.1, 0.15) is 13.8 Å². The van der Waals surface area contributed by atoms with Gasteiger partial charge in [-0.3, -0.25) is 0 Å². The van der Waals surface area contributed by atoms with Crippen LogP contribution in [0.2, 0.25) is 0 Å². The third-order valence-corrected chi connectivity index (χ3v) is 2.10. The molecule has 96 valence electrons. The van der Waals surface area contributed by atoms with E-state index in [-0.39, 0.29) is 6.10 Å². The lowest BCUT2D eigenvalue weighted by Gasteiger charge is -2.14. The second kappa shape index (κ2) is 6.30. The van der Waals surface area contributed by atoms with Crippen molar-refractivity contribution in [2.45, 2.75) is 20.0 Å². The SMILES string of the molecule is CC(C)Oc1nc(NCCN(C)C)ccc1N. The molecule has 0 spiro atoms. The molecule has 0 aliphatic carbocycles. The molecule has 0 aromatic carbocycles. The average molecular weight is 238 g/mol. The van der Waals surface area contributed by atoms with Gasteiger partial charge in [0.05, 0.1) is 11.8 Å². The van der Waals surface area contributed by atoms with Crippen molar-refractivity contribution < 1.29 is 4.74 Å². The first-order valence-electron chi connectivity index (χ1n) is 5.81. The number of nitrogens with one attached hydrogen (secondary N) is 1. The number of aromatic nitrogens is 1. The number of ether oxygens (including phenoxy) is 1. The van der Waals surface area contributed by atoms with Crippen LogP contribution in [0.3, 0.4) is 0 Å². The Morgan fingerprint density at radius 3 is 2.71 bits per heavy atom. The molecule has 0 unspecified atom stereocenters. The van der Waals surface area contributed by atoms with Crippen LogP contribution < -0.4 is 15.8 Å². The first-order chi connectivity index (χ1) is 7.99. The maximum Gasteiger partial charge on any atom is 0.239 e. The molecule has 0 atom stereocenters. The zero-order chi connectivity index (χ0) is 12.8. The van der Waals surface area contributed by atoms with Gasteiger partial charge in [0, 0.05) is 13.1 Å². The zero-order valence-corrected chi connectivity index (χ0v) is 11.0. The minimum atomic E-state index is 0.0711. The Morgan fingerprint density at radius 1 is 1.41 bits per heavy atom. The predicted molar refractivity (Wildman–Crippen MR) is 71.5 cm³/mol. The van der Waals surface area contributed by atoms with E-state index in [1.165, 1.54) is 0 Å². The Morgan fingerprint density at radius 2 is 2.12 bits per heavy atom. The number of rotatable bonds is 6. The Labute approximate surface area is 103 Å². The largest absolute Gasteiger partial charge is 0.473 e. The fourth-order valence-electron chi connectivity index (χ4n) is 1.27. The number of hydrogen-bond acceptors (Lipinski definition) is 5. The molecule has 0 fully saturated rings. The van der Waals surface area contributed by atoms with Gasteiger partial charge < -0.3 is 20.7 Å². The molecule has 0 aliphatic heterocycles. The van der Waals surface area contributed by atoms with Crippen molar-refractivity contribution in [1.29, 1.82) is 0 Å². The number of hydrogen-bond donors (Lipinski definition) is 2. The van der Waals surface area contributed by atoms with Crippen molar-refractivity contribution >= 4 is 11.5 Å². The van der Waals surface area contributed by atoms with E-state index >= 15 is 0 Å². The average Bonchev–Trinajstić information content (AvgIpc) is 2.21. The maximum atomic E-state index is 5.79. The van der Waals surface area contributed by atoms with E-state index in [0.29, 0.717) is 11.6 Å². The van der Waals surface area contributed by atoms with Crippen LogP contribution in [0.25, 0.3) is 0 Å². The summed E-state index contributed by atoms with van der Waals surface area (Å²) in [4.78, 5) is 6.44. The number of nitrogen functional groups attached to an aromatic ring is 1. The quantitative estimate of drug-likeness (QED) is 0.785. The first kappa shape index (κ1) is 13.6. The Kier molecular flexibility index (Phi) is 5.03. The van der Waals surface area contributed by atoms with Crippen molar-refractivity contribution in [3.8, 4) is 5.88 Å².